The summed E-state index contributed by atoms with van der Waals surface area (Å²) in [6.07, 6.45) is 0.338. The SMILES string of the molecule is CC(C)Oc1cccc(C2/C(=C(/O)c3cccc(Cl)c3)C(=O)C(=O)N2CCc2ccc(F)cc2)c1. The number of nitrogens with zero attached hydrogens (tertiary/aromatic N) is 1. The van der Waals surface area contributed by atoms with Gasteiger partial charge in [0, 0.05) is 17.1 Å². The average Bonchev–Trinajstić information content (AvgIpc) is 3.08. The van der Waals surface area contributed by atoms with Gasteiger partial charge in [0.25, 0.3) is 11.7 Å². The fourth-order valence-electron chi connectivity index (χ4n) is 4.18. The number of ether oxygens (including phenoxy) is 1. The Bertz CT molecular complexity index is 1290. The first-order valence-electron chi connectivity index (χ1n) is 11.3. The third-order valence-corrected chi connectivity index (χ3v) is 5.97. The molecule has 0 bridgehead atoms. The Labute approximate surface area is 208 Å². The Morgan fingerprint density at radius 3 is 2.46 bits per heavy atom. The summed E-state index contributed by atoms with van der Waals surface area (Å²) in [5, 5.41) is 11.6. The van der Waals surface area contributed by atoms with Crippen LogP contribution in [0.1, 0.15) is 36.6 Å². The Kier molecular flexibility index (Phi) is 7.22. The molecule has 1 atom stereocenters. The van der Waals surface area contributed by atoms with Gasteiger partial charge >= 0.3 is 0 Å². The smallest absolute Gasteiger partial charge is 0.295 e. The Hall–Kier alpha value is -3.64. The maximum absolute atomic E-state index is 13.3. The monoisotopic (exact) mass is 493 g/mol. The maximum atomic E-state index is 13.3. The van der Waals surface area contributed by atoms with Crippen LogP contribution in [0, 0.1) is 5.82 Å². The number of carbonyl (C=O) groups is 2. The van der Waals surface area contributed by atoms with E-state index < -0.39 is 17.7 Å². The molecular weight excluding hydrogens is 469 g/mol. The molecule has 1 fully saturated rings. The van der Waals surface area contributed by atoms with Gasteiger partial charge in [0.15, 0.2) is 0 Å². The number of halogens is 2. The summed E-state index contributed by atoms with van der Waals surface area (Å²) >= 11 is 6.10. The van der Waals surface area contributed by atoms with Crippen molar-refractivity contribution in [3.05, 3.63) is 106 Å². The van der Waals surface area contributed by atoms with Crippen LogP contribution in [0.25, 0.3) is 5.76 Å². The van der Waals surface area contributed by atoms with Gasteiger partial charge in [-0.1, -0.05) is 48.0 Å². The third-order valence-electron chi connectivity index (χ3n) is 5.74. The van der Waals surface area contributed by atoms with Crippen LogP contribution < -0.4 is 4.74 Å². The number of benzene rings is 3. The fraction of sp³-hybridized carbons (Fsp3) is 0.214. The van der Waals surface area contributed by atoms with Crippen LogP contribution in [0.15, 0.2) is 78.4 Å². The Balaban J connectivity index is 1.79. The van der Waals surface area contributed by atoms with Gasteiger partial charge in [-0.2, -0.15) is 0 Å². The number of likely N-dealkylation sites (tertiary alicyclic amines) is 1. The number of amides is 1. The van der Waals surface area contributed by atoms with Crippen molar-refractivity contribution in [2.75, 3.05) is 6.54 Å². The van der Waals surface area contributed by atoms with Crippen molar-refractivity contribution in [1.29, 1.82) is 0 Å². The molecule has 0 aliphatic carbocycles. The molecule has 0 radical (unpaired) electrons. The highest BCUT2D eigenvalue weighted by molar-refractivity contribution is 6.46. The van der Waals surface area contributed by atoms with Crippen molar-refractivity contribution >= 4 is 29.1 Å². The third kappa shape index (κ3) is 5.38. The molecule has 1 amide bonds. The average molecular weight is 494 g/mol. The first kappa shape index (κ1) is 24.5. The lowest BCUT2D eigenvalue weighted by Gasteiger charge is -2.26. The van der Waals surface area contributed by atoms with Crippen LogP contribution >= 0.6 is 11.6 Å². The maximum Gasteiger partial charge on any atom is 0.295 e. The molecule has 35 heavy (non-hydrogen) atoms. The van der Waals surface area contributed by atoms with Gasteiger partial charge in [-0.05, 0) is 67.8 Å². The molecule has 180 valence electrons. The number of carbonyl (C=O) groups excluding carboxylic acids is 2. The number of rotatable bonds is 7. The molecule has 1 saturated heterocycles. The zero-order valence-electron chi connectivity index (χ0n) is 19.4. The molecule has 7 heteroatoms. The lowest BCUT2D eigenvalue weighted by molar-refractivity contribution is -0.139. The van der Waals surface area contributed by atoms with Gasteiger partial charge in [-0.15, -0.1) is 0 Å². The van der Waals surface area contributed by atoms with E-state index in [4.69, 9.17) is 16.3 Å². The number of Topliss-reactive ketones (excluding diaryl/α,β-unsaturated/α-hetero) is 1. The highest BCUT2D eigenvalue weighted by Crippen LogP contribution is 2.40. The van der Waals surface area contributed by atoms with Gasteiger partial charge in [0.1, 0.15) is 17.3 Å². The van der Waals surface area contributed by atoms with E-state index in [1.54, 1.807) is 54.6 Å². The molecule has 1 aliphatic heterocycles. The van der Waals surface area contributed by atoms with Crippen molar-refractivity contribution in [2.45, 2.75) is 32.4 Å². The second kappa shape index (κ2) is 10.3. The van der Waals surface area contributed by atoms with Gasteiger partial charge in [-0.3, -0.25) is 9.59 Å². The molecule has 0 aromatic heterocycles. The molecule has 1 aliphatic rings. The predicted molar refractivity (Wildman–Crippen MR) is 133 cm³/mol. The van der Waals surface area contributed by atoms with Crippen molar-refractivity contribution in [3.8, 4) is 5.75 Å². The molecule has 1 unspecified atom stereocenters. The minimum atomic E-state index is -0.829. The molecular formula is C28H25ClFNO4. The molecule has 3 aromatic rings. The summed E-state index contributed by atoms with van der Waals surface area (Å²) in [5.41, 5.74) is 1.77. The highest BCUT2D eigenvalue weighted by atomic mass is 35.5. The minimum absolute atomic E-state index is 0.0157. The Morgan fingerprint density at radius 1 is 1.06 bits per heavy atom. The topological polar surface area (TPSA) is 66.8 Å². The molecule has 5 nitrogen and oxygen atoms in total. The molecule has 0 spiro atoms. The quantitative estimate of drug-likeness (QED) is 0.251. The number of ketones is 1. The number of aliphatic hydroxyl groups excluding tert-OH is 1. The van der Waals surface area contributed by atoms with E-state index in [0.717, 1.165) is 5.56 Å². The standard InChI is InChI=1S/C28H25ClFNO4/c1-17(2)35-23-8-4-5-19(16-23)25-24(26(32)20-6-3-7-21(29)15-20)27(33)28(34)31(25)14-13-18-9-11-22(30)12-10-18/h3-12,15-17,25,32H,13-14H2,1-2H3/b26-24-. The van der Waals surface area contributed by atoms with Crippen LogP contribution in [-0.2, 0) is 16.0 Å². The zero-order chi connectivity index (χ0) is 25.1. The molecule has 4 rings (SSSR count). The van der Waals surface area contributed by atoms with Crippen molar-refractivity contribution in [3.63, 3.8) is 0 Å². The van der Waals surface area contributed by atoms with Gasteiger partial charge in [0.05, 0.1) is 17.7 Å². The van der Waals surface area contributed by atoms with E-state index in [1.807, 2.05) is 13.8 Å². The first-order valence-corrected chi connectivity index (χ1v) is 11.7. The molecule has 3 aromatic carbocycles. The number of aliphatic hydroxyl groups is 1. The summed E-state index contributed by atoms with van der Waals surface area (Å²) in [4.78, 5) is 27.8. The molecule has 0 saturated carbocycles. The summed E-state index contributed by atoms with van der Waals surface area (Å²) in [6.45, 7) is 4.00. The predicted octanol–water partition coefficient (Wildman–Crippen LogP) is 5.93. The second-order valence-electron chi connectivity index (χ2n) is 8.62. The van der Waals surface area contributed by atoms with Crippen LogP contribution in [-0.4, -0.2) is 34.3 Å². The van der Waals surface area contributed by atoms with E-state index in [9.17, 15) is 19.1 Å². The largest absolute Gasteiger partial charge is 0.507 e. The lowest BCUT2D eigenvalue weighted by Crippen LogP contribution is -2.31. The van der Waals surface area contributed by atoms with Gasteiger partial charge in [0.2, 0.25) is 0 Å². The lowest BCUT2D eigenvalue weighted by atomic mass is 9.95. The summed E-state index contributed by atoms with van der Waals surface area (Å²) in [6, 6.07) is 18.8. The molecule has 1 N–H and O–H groups in total. The first-order chi connectivity index (χ1) is 16.7. The van der Waals surface area contributed by atoms with E-state index in [2.05, 4.69) is 0 Å². The van der Waals surface area contributed by atoms with Crippen LogP contribution in [0.3, 0.4) is 0 Å². The van der Waals surface area contributed by atoms with Crippen LogP contribution in [0.2, 0.25) is 5.02 Å². The number of hydrogen-bond acceptors (Lipinski definition) is 4. The summed E-state index contributed by atoms with van der Waals surface area (Å²) < 4.78 is 19.1. The van der Waals surface area contributed by atoms with E-state index in [0.29, 0.717) is 28.3 Å². The van der Waals surface area contributed by atoms with E-state index in [1.165, 1.54) is 23.1 Å². The van der Waals surface area contributed by atoms with E-state index in [-0.39, 0.29) is 29.8 Å². The van der Waals surface area contributed by atoms with Gasteiger partial charge in [-0.25, -0.2) is 4.39 Å². The Morgan fingerprint density at radius 2 is 1.77 bits per heavy atom. The van der Waals surface area contributed by atoms with Gasteiger partial charge < -0.3 is 14.7 Å². The summed E-state index contributed by atoms with van der Waals surface area (Å²) in [7, 11) is 0. The van der Waals surface area contributed by atoms with Crippen LogP contribution in [0.5, 0.6) is 5.75 Å². The zero-order valence-corrected chi connectivity index (χ0v) is 20.1. The normalized spacial score (nSPS) is 17.3. The summed E-state index contributed by atoms with van der Waals surface area (Å²) in [5.74, 6) is -1.55. The second-order valence-corrected chi connectivity index (χ2v) is 9.05. The van der Waals surface area contributed by atoms with Crippen molar-refractivity contribution in [1.82, 2.24) is 4.90 Å². The fourth-order valence-corrected chi connectivity index (χ4v) is 4.37. The van der Waals surface area contributed by atoms with Crippen molar-refractivity contribution in [2.24, 2.45) is 0 Å². The molecule has 1 heterocycles. The van der Waals surface area contributed by atoms with Crippen LogP contribution in [0.4, 0.5) is 4.39 Å². The number of hydrogen-bond donors (Lipinski definition) is 1. The highest BCUT2D eigenvalue weighted by Gasteiger charge is 2.46. The van der Waals surface area contributed by atoms with Crippen molar-refractivity contribution < 1.29 is 23.8 Å². The minimum Gasteiger partial charge on any atom is -0.507 e. The van der Waals surface area contributed by atoms with E-state index >= 15 is 0 Å².